The van der Waals surface area contributed by atoms with Crippen LogP contribution >= 0.6 is 11.6 Å². The van der Waals surface area contributed by atoms with Crippen molar-refractivity contribution < 1.29 is 9.53 Å². The van der Waals surface area contributed by atoms with E-state index in [4.69, 9.17) is 16.3 Å². The summed E-state index contributed by atoms with van der Waals surface area (Å²) < 4.78 is 5.82. The summed E-state index contributed by atoms with van der Waals surface area (Å²) in [6.45, 7) is 1.51. The number of ketones is 1. The lowest BCUT2D eigenvalue weighted by Gasteiger charge is -2.09. The number of aromatic nitrogens is 1. The average molecular weight is 298 g/mol. The summed E-state index contributed by atoms with van der Waals surface area (Å²) in [6, 6.07) is 14.6. The highest BCUT2D eigenvalue weighted by atomic mass is 35.5. The Balaban J connectivity index is 2.04. The number of hydrogen-bond donors (Lipinski definition) is 0. The standard InChI is InChI=1S/C17H12ClNO2/c1-11(20)12-8-9-19-17(10-12)21-16-7-6-15(18)13-4-2-3-5-14(13)16/h2-10H,1H3. The topological polar surface area (TPSA) is 39.2 Å². The zero-order valence-electron chi connectivity index (χ0n) is 11.3. The van der Waals surface area contributed by atoms with Gasteiger partial charge in [-0.15, -0.1) is 0 Å². The van der Waals surface area contributed by atoms with Crippen LogP contribution in [0.3, 0.4) is 0 Å². The fourth-order valence-electron chi connectivity index (χ4n) is 2.12. The minimum atomic E-state index is -0.0248. The van der Waals surface area contributed by atoms with Crippen LogP contribution in [0.25, 0.3) is 10.8 Å². The molecule has 0 saturated heterocycles. The maximum absolute atomic E-state index is 11.4. The molecule has 0 bridgehead atoms. The largest absolute Gasteiger partial charge is 0.438 e. The third kappa shape index (κ3) is 2.73. The number of benzene rings is 2. The molecule has 0 aliphatic heterocycles. The Morgan fingerprint density at radius 1 is 1.10 bits per heavy atom. The molecule has 2 aromatic carbocycles. The predicted molar refractivity (Wildman–Crippen MR) is 83.3 cm³/mol. The average Bonchev–Trinajstić information content (AvgIpc) is 2.51. The van der Waals surface area contributed by atoms with Crippen molar-refractivity contribution >= 4 is 28.2 Å². The molecule has 4 heteroatoms. The fraction of sp³-hybridized carbons (Fsp3) is 0.0588. The molecule has 3 rings (SSSR count). The molecule has 0 fully saturated rings. The Labute approximate surface area is 127 Å². The lowest BCUT2D eigenvalue weighted by Crippen LogP contribution is -1.95. The van der Waals surface area contributed by atoms with Gasteiger partial charge in [-0.2, -0.15) is 0 Å². The van der Waals surface area contributed by atoms with Gasteiger partial charge in [-0.1, -0.05) is 35.9 Å². The summed E-state index contributed by atoms with van der Waals surface area (Å²) in [5, 5.41) is 2.49. The number of pyridine rings is 1. The van der Waals surface area contributed by atoms with E-state index in [2.05, 4.69) is 4.98 Å². The number of halogens is 1. The van der Waals surface area contributed by atoms with E-state index in [1.54, 1.807) is 30.5 Å². The van der Waals surface area contributed by atoms with Gasteiger partial charge in [-0.3, -0.25) is 4.79 Å². The number of ether oxygens (including phenoxy) is 1. The van der Waals surface area contributed by atoms with Crippen molar-refractivity contribution in [3.05, 3.63) is 65.3 Å². The number of fused-ring (bicyclic) bond motifs is 1. The number of carbonyl (C=O) groups is 1. The van der Waals surface area contributed by atoms with Gasteiger partial charge in [-0.05, 0) is 25.1 Å². The number of carbonyl (C=O) groups excluding carboxylic acids is 1. The molecule has 0 aliphatic carbocycles. The van der Waals surface area contributed by atoms with Gasteiger partial charge in [-0.25, -0.2) is 4.98 Å². The van der Waals surface area contributed by atoms with Crippen LogP contribution in [0.5, 0.6) is 11.6 Å². The normalized spacial score (nSPS) is 10.6. The fourth-order valence-corrected chi connectivity index (χ4v) is 2.35. The van der Waals surface area contributed by atoms with Crippen LogP contribution in [0.2, 0.25) is 5.02 Å². The van der Waals surface area contributed by atoms with Gasteiger partial charge in [0.1, 0.15) is 5.75 Å². The van der Waals surface area contributed by atoms with Gasteiger partial charge in [0.15, 0.2) is 5.78 Å². The highest BCUT2D eigenvalue weighted by molar-refractivity contribution is 6.35. The molecule has 0 amide bonds. The maximum atomic E-state index is 11.4. The molecule has 0 unspecified atom stereocenters. The van der Waals surface area contributed by atoms with Crippen LogP contribution in [0.15, 0.2) is 54.7 Å². The van der Waals surface area contributed by atoms with Crippen molar-refractivity contribution in [3.63, 3.8) is 0 Å². The van der Waals surface area contributed by atoms with Gasteiger partial charge in [0.05, 0.1) is 0 Å². The molecule has 0 saturated carbocycles. The van der Waals surface area contributed by atoms with Crippen LogP contribution in [0.4, 0.5) is 0 Å². The Morgan fingerprint density at radius 3 is 2.62 bits per heavy atom. The van der Waals surface area contributed by atoms with Gasteiger partial charge in [0.2, 0.25) is 5.88 Å². The van der Waals surface area contributed by atoms with Crippen molar-refractivity contribution in [2.24, 2.45) is 0 Å². The van der Waals surface area contributed by atoms with E-state index in [-0.39, 0.29) is 5.78 Å². The molecular weight excluding hydrogens is 286 g/mol. The van der Waals surface area contributed by atoms with Crippen molar-refractivity contribution in [1.29, 1.82) is 0 Å². The highest BCUT2D eigenvalue weighted by Crippen LogP contribution is 2.33. The quantitative estimate of drug-likeness (QED) is 0.647. The Morgan fingerprint density at radius 2 is 1.86 bits per heavy atom. The summed E-state index contributed by atoms with van der Waals surface area (Å²) in [4.78, 5) is 15.5. The van der Waals surface area contributed by atoms with Gasteiger partial charge in [0, 0.05) is 33.6 Å². The second-order valence-electron chi connectivity index (χ2n) is 4.63. The van der Waals surface area contributed by atoms with Gasteiger partial charge in [0.25, 0.3) is 0 Å². The minimum absolute atomic E-state index is 0.0248. The Hall–Kier alpha value is -2.39. The lowest BCUT2D eigenvalue weighted by atomic mass is 10.1. The Kier molecular flexibility index (Phi) is 3.59. The van der Waals surface area contributed by atoms with E-state index in [0.717, 1.165) is 10.8 Å². The van der Waals surface area contributed by atoms with Gasteiger partial charge >= 0.3 is 0 Å². The molecule has 0 spiro atoms. The molecule has 21 heavy (non-hydrogen) atoms. The van der Waals surface area contributed by atoms with Crippen molar-refractivity contribution in [3.8, 4) is 11.6 Å². The molecule has 0 radical (unpaired) electrons. The number of rotatable bonds is 3. The summed E-state index contributed by atoms with van der Waals surface area (Å²) in [6.07, 6.45) is 1.56. The van der Waals surface area contributed by atoms with Crippen molar-refractivity contribution in [2.75, 3.05) is 0 Å². The monoisotopic (exact) mass is 297 g/mol. The zero-order valence-corrected chi connectivity index (χ0v) is 12.1. The summed E-state index contributed by atoms with van der Waals surface area (Å²) in [5.41, 5.74) is 0.568. The zero-order chi connectivity index (χ0) is 14.8. The van der Waals surface area contributed by atoms with E-state index in [9.17, 15) is 4.79 Å². The van der Waals surface area contributed by atoms with Gasteiger partial charge < -0.3 is 4.74 Å². The summed E-state index contributed by atoms with van der Waals surface area (Å²) in [7, 11) is 0. The minimum Gasteiger partial charge on any atom is -0.438 e. The van der Waals surface area contributed by atoms with E-state index in [1.807, 2.05) is 24.3 Å². The Bertz CT molecular complexity index is 830. The number of hydrogen-bond acceptors (Lipinski definition) is 3. The molecule has 1 aromatic heterocycles. The highest BCUT2D eigenvalue weighted by Gasteiger charge is 2.08. The molecule has 0 aliphatic rings. The van der Waals surface area contributed by atoms with Crippen molar-refractivity contribution in [1.82, 2.24) is 4.98 Å². The SMILES string of the molecule is CC(=O)c1ccnc(Oc2ccc(Cl)c3ccccc23)c1. The molecule has 0 atom stereocenters. The van der Waals surface area contributed by atoms with Crippen LogP contribution in [0.1, 0.15) is 17.3 Å². The molecular formula is C17H12ClNO2. The molecule has 0 N–H and O–H groups in total. The van der Waals surface area contributed by atoms with E-state index >= 15 is 0 Å². The van der Waals surface area contributed by atoms with Crippen LogP contribution in [-0.2, 0) is 0 Å². The summed E-state index contributed by atoms with van der Waals surface area (Å²) in [5.74, 6) is 1.02. The predicted octanol–water partition coefficient (Wildman–Crippen LogP) is 4.88. The molecule has 3 nitrogen and oxygen atoms in total. The number of nitrogens with zero attached hydrogens (tertiary/aromatic N) is 1. The smallest absolute Gasteiger partial charge is 0.219 e. The first-order chi connectivity index (χ1) is 10.1. The van der Waals surface area contributed by atoms with E-state index < -0.39 is 0 Å². The van der Waals surface area contributed by atoms with Crippen LogP contribution in [0, 0.1) is 0 Å². The first-order valence-electron chi connectivity index (χ1n) is 6.47. The maximum Gasteiger partial charge on any atom is 0.219 e. The van der Waals surface area contributed by atoms with Crippen LogP contribution in [-0.4, -0.2) is 10.8 Å². The molecule has 3 aromatic rings. The third-order valence-electron chi connectivity index (χ3n) is 3.19. The second-order valence-corrected chi connectivity index (χ2v) is 5.04. The summed E-state index contributed by atoms with van der Waals surface area (Å²) >= 11 is 6.18. The number of Topliss-reactive ketones (excluding diaryl/α,β-unsaturated/α-hetero) is 1. The first kappa shape index (κ1) is 13.6. The van der Waals surface area contributed by atoms with E-state index in [1.165, 1.54) is 6.92 Å². The first-order valence-corrected chi connectivity index (χ1v) is 6.85. The third-order valence-corrected chi connectivity index (χ3v) is 3.52. The lowest BCUT2D eigenvalue weighted by molar-refractivity contribution is 0.101. The second kappa shape index (κ2) is 5.54. The molecule has 104 valence electrons. The molecule has 1 heterocycles. The van der Waals surface area contributed by atoms with E-state index in [0.29, 0.717) is 22.2 Å². The van der Waals surface area contributed by atoms with Crippen molar-refractivity contribution in [2.45, 2.75) is 6.92 Å². The van der Waals surface area contributed by atoms with Crippen LogP contribution < -0.4 is 4.74 Å².